The lowest BCUT2D eigenvalue weighted by Crippen LogP contribution is -2.19. The maximum atomic E-state index is 13.3. The summed E-state index contributed by atoms with van der Waals surface area (Å²) in [5.74, 6) is 1.18. The number of hydrogen-bond donors (Lipinski definition) is 0. The van der Waals surface area contributed by atoms with E-state index in [1.165, 1.54) is 33.1 Å². The second-order valence-corrected chi connectivity index (χ2v) is 12.8. The smallest absolute Gasteiger partial charge is 0.356 e. The highest BCUT2D eigenvalue weighted by Crippen LogP contribution is 2.47. The molecule has 0 N–H and O–H groups in total. The molecule has 2 atom stereocenters. The maximum Gasteiger partial charge on any atom is 0.356 e. The number of benzene rings is 5. The van der Waals surface area contributed by atoms with Crippen molar-refractivity contribution in [1.29, 1.82) is 0 Å². The van der Waals surface area contributed by atoms with Crippen LogP contribution in [0.5, 0.6) is 5.75 Å². The molecule has 5 aromatic carbocycles. The zero-order valence-corrected chi connectivity index (χ0v) is 25.2. The van der Waals surface area contributed by atoms with Crippen molar-refractivity contribution in [3.05, 3.63) is 155 Å². The molecule has 218 valence electrons. The molecule has 46 heavy (non-hydrogen) atoms. The number of thiazole rings is 1. The van der Waals surface area contributed by atoms with E-state index < -0.39 is 0 Å². The Balaban J connectivity index is 1.09. The molecule has 0 spiro atoms. The van der Waals surface area contributed by atoms with Crippen LogP contribution in [0.3, 0.4) is 0 Å². The zero-order chi connectivity index (χ0) is 30.4. The van der Waals surface area contributed by atoms with Gasteiger partial charge in [0.15, 0.2) is 5.82 Å². The molecular formula is C39H24N4O2S. The van der Waals surface area contributed by atoms with E-state index in [0.29, 0.717) is 10.8 Å². The molecular weight excluding hydrogens is 589 g/mol. The van der Waals surface area contributed by atoms with Crippen LogP contribution in [0.4, 0.5) is 0 Å². The van der Waals surface area contributed by atoms with Crippen molar-refractivity contribution in [2.45, 2.75) is 12.0 Å². The Bertz CT molecular complexity index is 2620. The third-order valence-electron chi connectivity index (χ3n) is 9.19. The Morgan fingerprint density at radius 3 is 2.30 bits per heavy atom. The predicted octanol–water partition coefficient (Wildman–Crippen LogP) is 8.57. The first-order valence-corrected chi connectivity index (χ1v) is 16.1. The first-order valence-electron chi connectivity index (χ1n) is 15.3. The second kappa shape index (κ2) is 9.60. The molecule has 0 bridgehead atoms. The number of ether oxygens (including phenoxy) is 1. The van der Waals surface area contributed by atoms with Crippen LogP contribution >= 0.6 is 11.3 Å². The summed E-state index contributed by atoms with van der Waals surface area (Å²) >= 11 is 1.50. The summed E-state index contributed by atoms with van der Waals surface area (Å²) < 4.78 is 11.4. The molecule has 0 saturated heterocycles. The van der Waals surface area contributed by atoms with Gasteiger partial charge < -0.3 is 9.30 Å². The number of allylic oxidation sites excluding steroid dienone is 2. The van der Waals surface area contributed by atoms with E-state index in [-0.39, 0.29) is 17.7 Å². The topological polar surface area (TPSA) is 61.4 Å². The monoisotopic (exact) mass is 612 g/mol. The predicted molar refractivity (Wildman–Crippen MR) is 185 cm³/mol. The van der Waals surface area contributed by atoms with Gasteiger partial charge >= 0.3 is 5.69 Å². The van der Waals surface area contributed by atoms with Gasteiger partial charge in [0, 0.05) is 33.5 Å². The molecule has 3 aromatic heterocycles. The van der Waals surface area contributed by atoms with Gasteiger partial charge in [-0.3, -0.25) is 0 Å². The third-order valence-corrected chi connectivity index (χ3v) is 10.2. The van der Waals surface area contributed by atoms with E-state index in [9.17, 15) is 4.79 Å². The summed E-state index contributed by atoms with van der Waals surface area (Å²) in [7, 11) is 0. The zero-order valence-electron chi connectivity index (χ0n) is 24.4. The number of aromatic nitrogens is 4. The lowest BCUT2D eigenvalue weighted by molar-refractivity contribution is 0.269. The van der Waals surface area contributed by atoms with Crippen LogP contribution in [-0.4, -0.2) is 25.0 Å². The van der Waals surface area contributed by atoms with Gasteiger partial charge in [-0.25, -0.2) is 9.20 Å². The number of fused-ring (bicyclic) bond motifs is 9. The van der Waals surface area contributed by atoms with Crippen LogP contribution in [-0.2, 0) is 0 Å². The van der Waals surface area contributed by atoms with Crippen molar-refractivity contribution in [2.24, 2.45) is 0 Å². The molecule has 0 amide bonds. The van der Waals surface area contributed by atoms with Crippen LogP contribution in [0, 0.1) is 0 Å². The Kier molecular flexibility index (Phi) is 5.33. The molecule has 2 unspecified atom stereocenters. The lowest BCUT2D eigenvalue weighted by atomic mass is 9.84. The van der Waals surface area contributed by atoms with E-state index in [0.717, 1.165) is 43.9 Å². The quantitative estimate of drug-likeness (QED) is 0.201. The number of hydrogen-bond acceptors (Lipinski definition) is 5. The van der Waals surface area contributed by atoms with Gasteiger partial charge in [0.1, 0.15) is 11.9 Å². The fourth-order valence-electron chi connectivity index (χ4n) is 7.18. The van der Waals surface area contributed by atoms with Crippen molar-refractivity contribution in [1.82, 2.24) is 18.9 Å². The highest BCUT2D eigenvalue weighted by Gasteiger charge is 2.36. The fraction of sp³-hybridized carbons (Fsp3) is 0.0513. The van der Waals surface area contributed by atoms with Crippen LogP contribution in [0.2, 0.25) is 0 Å². The SMILES string of the molecule is O=c1nc(-c2cccc3c2C2C=C(c4cccc(-n5c6ccccc6c6ccccc65)c4)C=CC2O3)nc2sc3ccccc3n12. The Labute approximate surface area is 266 Å². The van der Waals surface area contributed by atoms with Crippen LogP contribution in [0.15, 0.2) is 138 Å². The summed E-state index contributed by atoms with van der Waals surface area (Å²) in [6.07, 6.45) is 6.44. The van der Waals surface area contributed by atoms with Crippen molar-refractivity contribution in [3.63, 3.8) is 0 Å². The molecule has 0 fully saturated rings. The van der Waals surface area contributed by atoms with Gasteiger partial charge in [-0.1, -0.05) is 96.3 Å². The average molecular weight is 613 g/mol. The van der Waals surface area contributed by atoms with E-state index in [2.05, 4.69) is 101 Å². The van der Waals surface area contributed by atoms with Crippen molar-refractivity contribution in [3.8, 4) is 22.8 Å². The average Bonchev–Trinajstić information content (AvgIpc) is 3.77. The molecule has 8 aromatic rings. The van der Waals surface area contributed by atoms with Gasteiger partial charge in [-0.05, 0) is 59.7 Å². The summed E-state index contributed by atoms with van der Waals surface area (Å²) in [5, 5.41) is 2.48. The second-order valence-electron chi connectivity index (χ2n) is 11.7. The van der Waals surface area contributed by atoms with Crippen molar-refractivity contribution in [2.75, 3.05) is 0 Å². The minimum absolute atomic E-state index is 0.0486. The molecule has 6 nitrogen and oxygen atoms in total. The molecule has 0 radical (unpaired) electrons. The summed E-state index contributed by atoms with van der Waals surface area (Å²) in [5.41, 5.74) is 8.07. The van der Waals surface area contributed by atoms with Crippen molar-refractivity contribution >= 4 is 53.9 Å². The first-order chi connectivity index (χ1) is 22.7. The largest absolute Gasteiger partial charge is 0.485 e. The van der Waals surface area contributed by atoms with Crippen molar-refractivity contribution < 1.29 is 4.74 Å². The van der Waals surface area contributed by atoms with Gasteiger partial charge in [0.05, 0.1) is 21.3 Å². The van der Waals surface area contributed by atoms with Gasteiger partial charge in [0.2, 0.25) is 4.96 Å². The lowest BCUT2D eigenvalue weighted by Gasteiger charge is -2.20. The summed E-state index contributed by atoms with van der Waals surface area (Å²) in [6.45, 7) is 0. The Hall–Kier alpha value is -5.79. The third kappa shape index (κ3) is 3.66. The highest BCUT2D eigenvalue weighted by molar-refractivity contribution is 7.23. The first kappa shape index (κ1) is 25.5. The van der Waals surface area contributed by atoms with Gasteiger partial charge in [-0.2, -0.15) is 9.97 Å². The van der Waals surface area contributed by atoms with Crippen LogP contribution in [0.1, 0.15) is 17.0 Å². The minimum atomic E-state index is -0.327. The number of para-hydroxylation sites is 3. The van der Waals surface area contributed by atoms with Crippen LogP contribution < -0.4 is 10.4 Å². The Morgan fingerprint density at radius 2 is 1.48 bits per heavy atom. The molecule has 2 aliphatic rings. The van der Waals surface area contributed by atoms with E-state index in [1.807, 2.05) is 42.5 Å². The molecule has 1 aliphatic carbocycles. The maximum absolute atomic E-state index is 13.3. The van der Waals surface area contributed by atoms with Crippen LogP contribution in [0.25, 0.3) is 59.6 Å². The highest BCUT2D eigenvalue weighted by atomic mass is 32.1. The minimum Gasteiger partial charge on any atom is -0.485 e. The molecule has 4 heterocycles. The molecule has 10 rings (SSSR count). The number of nitrogens with zero attached hydrogens (tertiary/aromatic N) is 4. The standard InChI is InChI=1S/C39H24N4O2S/c44-38-40-37(41-39-43(38)32-16-5-6-18-35(32)46-39)28-13-8-17-34-36(28)29-22-24(19-20-33(29)45-34)23-9-7-10-25(21-23)42-30-14-3-1-11-26(30)27-12-2-4-15-31(27)42/h1-22,29,33H. The normalized spacial score (nSPS) is 17.0. The molecule has 0 saturated carbocycles. The number of rotatable bonds is 3. The van der Waals surface area contributed by atoms with E-state index >= 15 is 0 Å². The Morgan fingerprint density at radius 1 is 0.739 bits per heavy atom. The van der Waals surface area contributed by atoms with Gasteiger partial charge in [0.25, 0.3) is 0 Å². The summed E-state index contributed by atoms with van der Waals surface area (Å²) in [4.78, 5) is 23.3. The molecule has 7 heteroatoms. The summed E-state index contributed by atoms with van der Waals surface area (Å²) in [6, 6.07) is 39.6. The van der Waals surface area contributed by atoms with E-state index in [1.54, 1.807) is 4.40 Å². The molecule has 1 aliphatic heterocycles. The van der Waals surface area contributed by atoms with Gasteiger partial charge in [-0.15, -0.1) is 0 Å². The fourth-order valence-corrected chi connectivity index (χ4v) is 8.19. The van der Waals surface area contributed by atoms with E-state index in [4.69, 9.17) is 9.72 Å².